The fraction of sp³-hybridized carbons (Fsp3) is 0.538. The Morgan fingerprint density at radius 1 is 1.25 bits per heavy atom. The van der Waals surface area contributed by atoms with Gasteiger partial charge in [-0.2, -0.15) is 0 Å². The Bertz CT molecular complexity index is 305. The van der Waals surface area contributed by atoms with E-state index in [0.717, 1.165) is 23.2 Å². The van der Waals surface area contributed by atoms with Crippen LogP contribution in [-0.2, 0) is 6.54 Å². The molecular formula is C13H21BrN2. The minimum absolute atomic E-state index is 0.825. The van der Waals surface area contributed by atoms with Gasteiger partial charge >= 0.3 is 0 Å². The Labute approximate surface area is 107 Å². The number of hydrogen-bond donors (Lipinski definition) is 1. The molecule has 0 fully saturated rings. The summed E-state index contributed by atoms with van der Waals surface area (Å²) in [5, 5.41) is 0. The van der Waals surface area contributed by atoms with E-state index in [-0.39, 0.29) is 0 Å². The standard InChI is InChI=1S/C13H21BrN2/c1-3-4-5-6-16(2)10-11-7-12(14)9-13(15)8-11/h7-9H,3-6,10,15H2,1-2H3. The summed E-state index contributed by atoms with van der Waals surface area (Å²) in [6.45, 7) is 4.35. The molecule has 0 saturated heterocycles. The summed E-state index contributed by atoms with van der Waals surface area (Å²) in [6.07, 6.45) is 3.86. The number of rotatable bonds is 6. The minimum Gasteiger partial charge on any atom is -0.399 e. The van der Waals surface area contributed by atoms with Gasteiger partial charge in [-0.05, 0) is 43.8 Å². The fourth-order valence-corrected chi connectivity index (χ4v) is 2.35. The normalized spacial score (nSPS) is 11.0. The molecular weight excluding hydrogens is 264 g/mol. The molecule has 1 aromatic carbocycles. The SMILES string of the molecule is CCCCCN(C)Cc1cc(N)cc(Br)c1. The first-order valence-corrected chi connectivity index (χ1v) is 6.64. The number of halogens is 1. The largest absolute Gasteiger partial charge is 0.399 e. The molecule has 0 radical (unpaired) electrons. The lowest BCUT2D eigenvalue weighted by molar-refractivity contribution is 0.318. The maximum Gasteiger partial charge on any atom is 0.0328 e. The van der Waals surface area contributed by atoms with Crippen molar-refractivity contribution < 1.29 is 0 Å². The van der Waals surface area contributed by atoms with E-state index in [1.165, 1.54) is 24.8 Å². The first kappa shape index (κ1) is 13.5. The summed E-state index contributed by atoms with van der Waals surface area (Å²) in [6, 6.07) is 6.11. The number of nitrogen functional groups attached to an aromatic ring is 1. The molecule has 0 heterocycles. The third kappa shape index (κ3) is 4.99. The van der Waals surface area contributed by atoms with Crippen molar-refractivity contribution >= 4 is 21.6 Å². The molecule has 2 N–H and O–H groups in total. The number of nitrogens with zero attached hydrogens (tertiary/aromatic N) is 1. The number of anilines is 1. The number of hydrogen-bond acceptors (Lipinski definition) is 2. The zero-order valence-corrected chi connectivity index (χ0v) is 11.8. The van der Waals surface area contributed by atoms with Crippen LogP contribution in [0.4, 0.5) is 5.69 Å². The highest BCUT2D eigenvalue weighted by atomic mass is 79.9. The van der Waals surface area contributed by atoms with Crippen LogP contribution in [0, 0.1) is 0 Å². The van der Waals surface area contributed by atoms with E-state index in [0.29, 0.717) is 0 Å². The summed E-state index contributed by atoms with van der Waals surface area (Å²) < 4.78 is 1.06. The summed E-state index contributed by atoms with van der Waals surface area (Å²) in [4.78, 5) is 2.34. The lowest BCUT2D eigenvalue weighted by atomic mass is 10.2. The van der Waals surface area contributed by atoms with Gasteiger partial charge in [0.05, 0.1) is 0 Å². The summed E-state index contributed by atoms with van der Waals surface area (Å²) >= 11 is 3.47. The van der Waals surface area contributed by atoms with E-state index in [1.807, 2.05) is 12.1 Å². The van der Waals surface area contributed by atoms with Crippen LogP contribution < -0.4 is 5.73 Å². The molecule has 1 rings (SSSR count). The van der Waals surface area contributed by atoms with Crippen LogP contribution in [-0.4, -0.2) is 18.5 Å². The Morgan fingerprint density at radius 2 is 2.00 bits per heavy atom. The van der Waals surface area contributed by atoms with E-state index in [9.17, 15) is 0 Å². The molecule has 3 heteroatoms. The van der Waals surface area contributed by atoms with Crippen molar-refractivity contribution in [3.63, 3.8) is 0 Å². The van der Waals surface area contributed by atoms with Crippen molar-refractivity contribution in [3.8, 4) is 0 Å². The van der Waals surface area contributed by atoms with E-state index in [2.05, 4.69) is 40.9 Å². The molecule has 0 aliphatic carbocycles. The van der Waals surface area contributed by atoms with E-state index in [1.54, 1.807) is 0 Å². The maximum absolute atomic E-state index is 5.81. The Hall–Kier alpha value is -0.540. The number of benzene rings is 1. The average Bonchev–Trinajstić information content (AvgIpc) is 2.16. The highest BCUT2D eigenvalue weighted by Gasteiger charge is 2.02. The molecule has 0 unspecified atom stereocenters. The highest BCUT2D eigenvalue weighted by Crippen LogP contribution is 2.18. The molecule has 0 aliphatic rings. The quantitative estimate of drug-likeness (QED) is 0.638. The molecule has 0 aromatic heterocycles. The van der Waals surface area contributed by atoms with Crippen LogP contribution in [0.15, 0.2) is 22.7 Å². The van der Waals surface area contributed by atoms with Crippen molar-refractivity contribution in [2.75, 3.05) is 19.3 Å². The molecule has 16 heavy (non-hydrogen) atoms. The van der Waals surface area contributed by atoms with E-state index in [4.69, 9.17) is 5.73 Å². The molecule has 0 aliphatic heterocycles. The van der Waals surface area contributed by atoms with Crippen molar-refractivity contribution in [1.82, 2.24) is 4.90 Å². The molecule has 90 valence electrons. The van der Waals surface area contributed by atoms with Gasteiger partial charge in [0.2, 0.25) is 0 Å². The topological polar surface area (TPSA) is 29.3 Å². The Kier molecular flexibility index (Phi) is 5.85. The molecule has 2 nitrogen and oxygen atoms in total. The second kappa shape index (κ2) is 6.92. The monoisotopic (exact) mass is 284 g/mol. The Balaban J connectivity index is 2.45. The maximum atomic E-state index is 5.81. The molecule has 0 saturated carbocycles. The number of unbranched alkanes of at least 4 members (excludes halogenated alkanes) is 2. The van der Waals surface area contributed by atoms with E-state index >= 15 is 0 Å². The molecule has 0 bridgehead atoms. The van der Waals surface area contributed by atoms with Crippen molar-refractivity contribution in [2.45, 2.75) is 32.7 Å². The zero-order valence-electron chi connectivity index (χ0n) is 10.2. The second-order valence-electron chi connectivity index (χ2n) is 4.34. The zero-order chi connectivity index (χ0) is 12.0. The lowest BCUT2D eigenvalue weighted by Crippen LogP contribution is -2.19. The molecule has 1 aromatic rings. The van der Waals surface area contributed by atoms with Crippen LogP contribution in [0.2, 0.25) is 0 Å². The summed E-state index contributed by atoms with van der Waals surface area (Å²) in [7, 11) is 2.16. The van der Waals surface area contributed by atoms with E-state index < -0.39 is 0 Å². The first-order valence-electron chi connectivity index (χ1n) is 5.85. The first-order chi connectivity index (χ1) is 7.61. The van der Waals surface area contributed by atoms with Gasteiger partial charge in [-0.25, -0.2) is 0 Å². The fourth-order valence-electron chi connectivity index (χ4n) is 1.79. The van der Waals surface area contributed by atoms with Gasteiger partial charge in [-0.1, -0.05) is 35.7 Å². The van der Waals surface area contributed by atoms with Crippen LogP contribution in [0.1, 0.15) is 31.7 Å². The van der Waals surface area contributed by atoms with Crippen LogP contribution in [0.25, 0.3) is 0 Å². The average molecular weight is 285 g/mol. The van der Waals surface area contributed by atoms with Crippen LogP contribution >= 0.6 is 15.9 Å². The smallest absolute Gasteiger partial charge is 0.0328 e. The van der Waals surface area contributed by atoms with Gasteiger partial charge in [0.15, 0.2) is 0 Å². The summed E-state index contributed by atoms with van der Waals surface area (Å²) in [5.74, 6) is 0. The van der Waals surface area contributed by atoms with Crippen molar-refractivity contribution in [2.24, 2.45) is 0 Å². The van der Waals surface area contributed by atoms with Crippen molar-refractivity contribution in [1.29, 1.82) is 0 Å². The predicted octanol–water partition coefficient (Wildman–Crippen LogP) is 3.65. The van der Waals surface area contributed by atoms with Gasteiger partial charge in [0.1, 0.15) is 0 Å². The third-order valence-corrected chi connectivity index (χ3v) is 3.03. The molecule has 0 amide bonds. The van der Waals surface area contributed by atoms with Gasteiger partial charge in [0, 0.05) is 16.7 Å². The van der Waals surface area contributed by atoms with Gasteiger partial charge < -0.3 is 10.6 Å². The van der Waals surface area contributed by atoms with Crippen LogP contribution in [0.3, 0.4) is 0 Å². The second-order valence-corrected chi connectivity index (χ2v) is 5.25. The van der Waals surface area contributed by atoms with Crippen molar-refractivity contribution in [3.05, 3.63) is 28.2 Å². The summed E-state index contributed by atoms with van der Waals surface area (Å²) in [5.41, 5.74) is 7.90. The van der Waals surface area contributed by atoms with Gasteiger partial charge in [-0.15, -0.1) is 0 Å². The van der Waals surface area contributed by atoms with Gasteiger partial charge in [0.25, 0.3) is 0 Å². The van der Waals surface area contributed by atoms with Crippen LogP contribution in [0.5, 0.6) is 0 Å². The minimum atomic E-state index is 0.825. The number of nitrogens with two attached hydrogens (primary N) is 1. The molecule has 0 atom stereocenters. The molecule has 0 spiro atoms. The highest BCUT2D eigenvalue weighted by molar-refractivity contribution is 9.10. The lowest BCUT2D eigenvalue weighted by Gasteiger charge is -2.16. The third-order valence-electron chi connectivity index (χ3n) is 2.58. The van der Waals surface area contributed by atoms with Gasteiger partial charge in [-0.3, -0.25) is 0 Å². The Morgan fingerprint density at radius 3 is 2.62 bits per heavy atom. The predicted molar refractivity (Wildman–Crippen MR) is 74.4 cm³/mol.